The number of carboxylic acids is 1. The Morgan fingerprint density at radius 2 is 2.17 bits per heavy atom. The van der Waals surface area contributed by atoms with Crippen molar-refractivity contribution in [1.82, 2.24) is 5.16 Å². The molecule has 1 N–H and O–H groups in total. The molecule has 0 fully saturated rings. The van der Waals surface area contributed by atoms with Gasteiger partial charge in [0.15, 0.2) is 23.0 Å². The van der Waals surface area contributed by atoms with E-state index in [1.807, 2.05) is 0 Å². The zero-order chi connectivity index (χ0) is 13.3. The number of hydrogen-bond acceptors (Lipinski definition) is 4. The third-order valence-corrected chi connectivity index (χ3v) is 2.25. The normalized spacial score (nSPS) is 10.4. The van der Waals surface area contributed by atoms with Gasteiger partial charge in [-0.3, -0.25) is 0 Å². The molecule has 1 aromatic carbocycles. The van der Waals surface area contributed by atoms with Crippen LogP contribution in [0.4, 0.5) is 8.78 Å². The predicted octanol–water partition coefficient (Wildman–Crippen LogP) is 2.33. The van der Waals surface area contributed by atoms with Crippen molar-refractivity contribution in [3.8, 4) is 17.1 Å². The van der Waals surface area contributed by atoms with Gasteiger partial charge in [-0.2, -0.15) is 4.39 Å². The van der Waals surface area contributed by atoms with Crippen LogP contribution in [0.1, 0.15) is 10.5 Å². The summed E-state index contributed by atoms with van der Waals surface area (Å²) in [4.78, 5) is 10.6. The summed E-state index contributed by atoms with van der Waals surface area (Å²) in [6.45, 7) is 0. The molecule has 1 aromatic heterocycles. The van der Waals surface area contributed by atoms with Gasteiger partial charge in [0.05, 0.1) is 12.7 Å². The maximum Gasteiger partial charge on any atom is 0.358 e. The van der Waals surface area contributed by atoms with E-state index in [-0.39, 0.29) is 22.8 Å². The van der Waals surface area contributed by atoms with Crippen LogP contribution in [-0.4, -0.2) is 23.3 Å². The van der Waals surface area contributed by atoms with Crippen LogP contribution in [0.2, 0.25) is 0 Å². The Kier molecular flexibility index (Phi) is 2.97. The third kappa shape index (κ3) is 1.90. The average Bonchev–Trinajstić information content (AvgIpc) is 2.82. The highest BCUT2D eigenvalue weighted by Crippen LogP contribution is 2.33. The molecule has 0 aliphatic rings. The summed E-state index contributed by atoms with van der Waals surface area (Å²) in [5, 5.41) is 12.0. The van der Waals surface area contributed by atoms with E-state index < -0.39 is 17.6 Å². The van der Waals surface area contributed by atoms with Crippen LogP contribution >= 0.6 is 0 Å². The first-order chi connectivity index (χ1) is 8.54. The summed E-state index contributed by atoms with van der Waals surface area (Å²) < 4.78 is 35.9. The number of benzene rings is 1. The van der Waals surface area contributed by atoms with Gasteiger partial charge in [-0.25, -0.2) is 9.18 Å². The van der Waals surface area contributed by atoms with E-state index in [9.17, 15) is 13.6 Å². The highest BCUT2D eigenvalue weighted by molar-refractivity contribution is 5.86. The zero-order valence-corrected chi connectivity index (χ0v) is 9.11. The van der Waals surface area contributed by atoms with Crippen molar-refractivity contribution in [3.63, 3.8) is 0 Å². The van der Waals surface area contributed by atoms with Gasteiger partial charge in [0.25, 0.3) is 0 Å². The van der Waals surface area contributed by atoms with Gasteiger partial charge in [0, 0.05) is 6.07 Å². The second kappa shape index (κ2) is 4.44. The molecule has 0 aliphatic heterocycles. The lowest BCUT2D eigenvalue weighted by molar-refractivity contribution is 0.0686. The highest BCUT2D eigenvalue weighted by Gasteiger charge is 2.20. The molecule has 0 aliphatic carbocycles. The summed E-state index contributed by atoms with van der Waals surface area (Å²) in [6.07, 6.45) is 0. The Morgan fingerprint density at radius 3 is 2.72 bits per heavy atom. The number of aromatic nitrogens is 1. The lowest BCUT2D eigenvalue weighted by Crippen LogP contribution is -1.95. The Morgan fingerprint density at radius 1 is 1.44 bits per heavy atom. The minimum absolute atomic E-state index is 0.0249. The first kappa shape index (κ1) is 12.0. The topological polar surface area (TPSA) is 72.6 Å². The van der Waals surface area contributed by atoms with Crippen molar-refractivity contribution in [2.45, 2.75) is 0 Å². The Balaban J connectivity index is 2.56. The number of methoxy groups -OCH3 is 1. The molecule has 0 saturated carbocycles. The van der Waals surface area contributed by atoms with E-state index >= 15 is 0 Å². The van der Waals surface area contributed by atoms with Crippen LogP contribution in [-0.2, 0) is 0 Å². The largest absolute Gasteiger partial charge is 0.493 e. The summed E-state index contributed by atoms with van der Waals surface area (Å²) in [6, 6.07) is 3.19. The predicted molar refractivity (Wildman–Crippen MR) is 55.4 cm³/mol. The average molecular weight is 255 g/mol. The van der Waals surface area contributed by atoms with Crippen molar-refractivity contribution in [3.05, 3.63) is 35.5 Å². The molecule has 18 heavy (non-hydrogen) atoms. The van der Waals surface area contributed by atoms with Crippen molar-refractivity contribution in [2.24, 2.45) is 0 Å². The van der Waals surface area contributed by atoms with Gasteiger partial charge in [-0.15, -0.1) is 0 Å². The van der Waals surface area contributed by atoms with Gasteiger partial charge >= 0.3 is 5.97 Å². The number of carboxylic acid groups (broad SMARTS) is 1. The van der Waals surface area contributed by atoms with Crippen LogP contribution in [0.3, 0.4) is 0 Å². The molecule has 0 unspecified atom stereocenters. The monoisotopic (exact) mass is 255 g/mol. The second-order valence-electron chi connectivity index (χ2n) is 3.32. The fourth-order valence-corrected chi connectivity index (χ4v) is 1.43. The first-order valence-electron chi connectivity index (χ1n) is 4.77. The third-order valence-electron chi connectivity index (χ3n) is 2.25. The highest BCUT2D eigenvalue weighted by atomic mass is 19.2. The van der Waals surface area contributed by atoms with Crippen LogP contribution in [0, 0.1) is 11.6 Å². The SMILES string of the molecule is COc1c(-c2cc(C(=O)O)no2)ccc(F)c1F. The number of aromatic carboxylic acids is 1. The molecule has 0 bridgehead atoms. The standard InChI is InChI=1S/C11H7F2NO4/c1-17-10-5(2-3-6(12)9(10)13)8-4-7(11(15)16)14-18-8/h2-4H,1H3,(H,15,16). The number of halogens is 2. The van der Waals surface area contributed by atoms with Gasteiger partial charge in [-0.1, -0.05) is 5.16 Å². The second-order valence-corrected chi connectivity index (χ2v) is 3.32. The zero-order valence-electron chi connectivity index (χ0n) is 9.11. The number of nitrogens with zero attached hydrogens (tertiary/aromatic N) is 1. The maximum absolute atomic E-state index is 13.4. The Labute approximate surface area is 99.6 Å². The summed E-state index contributed by atoms with van der Waals surface area (Å²) in [5.41, 5.74) is -0.256. The molecule has 7 heteroatoms. The molecule has 0 spiro atoms. The summed E-state index contributed by atoms with van der Waals surface area (Å²) in [7, 11) is 1.16. The van der Waals surface area contributed by atoms with Crippen LogP contribution in [0.5, 0.6) is 5.75 Å². The quantitative estimate of drug-likeness (QED) is 0.911. The number of hydrogen-bond donors (Lipinski definition) is 1. The smallest absolute Gasteiger partial charge is 0.358 e. The van der Waals surface area contributed by atoms with Crippen molar-refractivity contribution in [2.75, 3.05) is 7.11 Å². The van der Waals surface area contributed by atoms with Crippen LogP contribution in [0.25, 0.3) is 11.3 Å². The molecule has 2 rings (SSSR count). The van der Waals surface area contributed by atoms with E-state index in [1.54, 1.807) is 0 Å². The van der Waals surface area contributed by atoms with E-state index in [2.05, 4.69) is 5.16 Å². The molecule has 5 nitrogen and oxygen atoms in total. The first-order valence-corrected chi connectivity index (χ1v) is 4.77. The summed E-state index contributed by atoms with van der Waals surface area (Å²) in [5.74, 6) is -3.94. The fraction of sp³-hybridized carbons (Fsp3) is 0.0909. The lowest BCUT2D eigenvalue weighted by Gasteiger charge is -2.06. The van der Waals surface area contributed by atoms with Gasteiger partial charge in [-0.05, 0) is 12.1 Å². The van der Waals surface area contributed by atoms with E-state index in [1.165, 1.54) is 6.07 Å². The van der Waals surface area contributed by atoms with Gasteiger partial charge in [0.2, 0.25) is 5.82 Å². The van der Waals surface area contributed by atoms with Gasteiger partial charge in [0.1, 0.15) is 0 Å². The fourth-order valence-electron chi connectivity index (χ4n) is 1.43. The molecule has 1 heterocycles. The van der Waals surface area contributed by atoms with Crippen LogP contribution in [0.15, 0.2) is 22.7 Å². The molecule has 0 saturated heterocycles. The minimum Gasteiger partial charge on any atom is -0.493 e. The molecule has 94 valence electrons. The Hall–Kier alpha value is -2.44. The number of rotatable bonds is 3. The minimum atomic E-state index is -1.29. The maximum atomic E-state index is 13.4. The van der Waals surface area contributed by atoms with E-state index in [0.717, 1.165) is 19.2 Å². The van der Waals surface area contributed by atoms with Gasteiger partial charge < -0.3 is 14.4 Å². The molecule has 0 amide bonds. The molecular weight excluding hydrogens is 248 g/mol. The van der Waals surface area contributed by atoms with E-state index in [4.69, 9.17) is 14.4 Å². The summed E-state index contributed by atoms with van der Waals surface area (Å²) >= 11 is 0. The molecular formula is C11H7F2NO4. The Bertz CT molecular complexity index is 609. The molecule has 0 atom stereocenters. The lowest BCUT2D eigenvalue weighted by atomic mass is 10.1. The number of ether oxygens (including phenoxy) is 1. The molecule has 2 aromatic rings. The molecule has 0 radical (unpaired) electrons. The number of carbonyl (C=O) groups is 1. The van der Waals surface area contributed by atoms with Crippen molar-refractivity contribution in [1.29, 1.82) is 0 Å². The van der Waals surface area contributed by atoms with Crippen molar-refractivity contribution < 1.29 is 27.9 Å². The van der Waals surface area contributed by atoms with Crippen molar-refractivity contribution >= 4 is 5.97 Å². The van der Waals surface area contributed by atoms with E-state index in [0.29, 0.717) is 0 Å². The van der Waals surface area contributed by atoms with Crippen LogP contribution < -0.4 is 4.74 Å².